The lowest BCUT2D eigenvalue weighted by atomic mass is 9.94. The van der Waals surface area contributed by atoms with Crippen LogP contribution < -0.4 is 0 Å². The molecule has 1 amide bonds. The van der Waals surface area contributed by atoms with Gasteiger partial charge in [0, 0.05) is 19.6 Å². The van der Waals surface area contributed by atoms with E-state index in [1.807, 2.05) is 60.7 Å². The maximum Gasteiger partial charge on any atom is 0.410 e. The molecule has 2 aromatic carbocycles. The molecule has 2 aromatic rings. The van der Waals surface area contributed by atoms with Gasteiger partial charge in [0.05, 0.1) is 12.1 Å². The van der Waals surface area contributed by atoms with Gasteiger partial charge in [0.2, 0.25) is 0 Å². The van der Waals surface area contributed by atoms with Gasteiger partial charge in [-0.05, 0) is 38.3 Å². The van der Waals surface area contributed by atoms with Crippen molar-refractivity contribution in [1.82, 2.24) is 9.80 Å². The molecule has 6 heteroatoms. The molecule has 1 saturated heterocycles. The van der Waals surface area contributed by atoms with Crippen LogP contribution in [0.2, 0.25) is 0 Å². The molecule has 0 spiro atoms. The summed E-state index contributed by atoms with van der Waals surface area (Å²) in [6.45, 7) is 6.49. The maximum atomic E-state index is 14.4. The summed E-state index contributed by atoms with van der Waals surface area (Å²) in [5.41, 5.74) is 1.21. The number of carbonyl (C=O) groups excluding carboxylic acids is 1. The van der Waals surface area contributed by atoms with Crippen molar-refractivity contribution in [3.63, 3.8) is 0 Å². The monoisotopic (exact) mass is 416 g/mol. The third-order valence-corrected chi connectivity index (χ3v) is 5.25. The van der Waals surface area contributed by atoms with E-state index >= 15 is 0 Å². The van der Waals surface area contributed by atoms with Crippen LogP contribution in [0.3, 0.4) is 0 Å². The standard InChI is InChI=1S/C24H30F2N2O2/c1-24(2,3)30-23(29)28-15-14-27(17-19-12-8-5-9-13-19)21(22(25)26)20(28)16-18-10-6-4-7-11-18/h4-13,20-22H,14-17H2,1-3H3. The van der Waals surface area contributed by atoms with Gasteiger partial charge in [-0.3, -0.25) is 4.90 Å². The van der Waals surface area contributed by atoms with Crippen molar-refractivity contribution in [1.29, 1.82) is 0 Å². The molecule has 1 fully saturated rings. The smallest absolute Gasteiger partial charge is 0.410 e. The summed E-state index contributed by atoms with van der Waals surface area (Å²) in [6, 6.07) is 17.3. The molecule has 30 heavy (non-hydrogen) atoms. The summed E-state index contributed by atoms with van der Waals surface area (Å²) in [4.78, 5) is 16.2. The van der Waals surface area contributed by atoms with E-state index in [0.717, 1.165) is 11.1 Å². The van der Waals surface area contributed by atoms with Gasteiger partial charge in [-0.15, -0.1) is 0 Å². The second-order valence-corrected chi connectivity index (χ2v) is 8.71. The predicted octanol–water partition coefficient (Wildman–Crippen LogP) is 4.98. The summed E-state index contributed by atoms with van der Waals surface area (Å²) in [5, 5.41) is 0. The minimum Gasteiger partial charge on any atom is -0.444 e. The number of amides is 1. The average Bonchev–Trinajstić information content (AvgIpc) is 2.68. The molecular formula is C24H30F2N2O2. The van der Waals surface area contributed by atoms with Crippen LogP contribution in [-0.4, -0.2) is 53.1 Å². The van der Waals surface area contributed by atoms with Gasteiger partial charge >= 0.3 is 6.09 Å². The third-order valence-electron chi connectivity index (χ3n) is 5.25. The molecule has 0 radical (unpaired) electrons. The van der Waals surface area contributed by atoms with Gasteiger partial charge in [-0.2, -0.15) is 0 Å². The van der Waals surface area contributed by atoms with Crippen LogP contribution in [0.15, 0.2) is 60.7 Å². The quantitative estimate of drug-likeness (QED) is 0.689. The number of nitrogens with zero attached hydrogens (tertiary/aromatic N) is 2. The van der Waals surface area contributed by atoms with Crippen LogP contribution >= 0.6 is 0 Å². The SMILES string of the molecule is CC(C)(C)OC(=O)N1CCN(Cc2ccccc2)C(C(F)F)C1Cc1ccccc1. The van der Waals surface area contributed by atoms with E-state index in [1.165, 1.54) is 4.90 Å². The molecule has 2 atom stereocenters. The fourth-order valence-corrected chi connectivity index (χ4v) is 3.94. The third kappa shape index (κ3) is 5.79. The molecule has 162 valence electrons. The van der Waals surface area contributed by atoms with Gasteiger partial charge in [0.25, 0.3) is 6.43 Å². The second-order valence-electron chi connectivity index (χ2n) is 8.71. The van der Waals surface area contributed by atoms with Crippen molar-refractivity contribution in [2.24, 2.45) is 0 Å². The number of hydrogen-bond donors (Lipinski definition) is 0. The van der Waals surface area contributed by atoms with E-state index in [2.05, 4.69) is 0 Å². The Hall–Kier alpha value is -2.47. The van der Waals surface area contributed by atoms with Crippen molar-refractivity contribution < 1.29 is 18.3 Å². The minimum atomic E-state index is -2.59. The molecule has 1 heterocycles. The highest BCUT2D eigenvalue weighted by molar-refractivity contribution is 5.69. The van der Waals surface area contributed by atoms with Crippen LogP contribution in [0.25, 0.3) is 0 Å². The van der Waals surface area contributed by atoms with Gasteiger partial charge in [-0.25, -0.2) is 13.6 Å². The summed E-state index contributed by atoms with van der Waals surface area (Å²) in [5.74, 6) is 0. The van der Waals surface area contributed by atoms with E-state index < -0.39 is 30.2 Å². The van der Waals surface area contributed by atoms with Crippen LogP contribution in [0.4, 0.5) is 13.6 Å². The Balaban J connectivity index is 1.90. The van der Waals surface area contributed by atoms with Gasteiger partial charge in [-0.1, -0.05) is 60.7 Å². The van der Waals surface area contributed by atoms with Crippen LogP contribution in [0.1, 0.15) is 31.9 Å². The highest BCUT2D eigenvalue weighted by Crippen LogP contribution is 2.28. The van der Waals surface area contributed by atoms with E-state index in [0.29, 0.717) is 26.1 Å². The van der Waals surface area contributed by atoms with Crippen LogP contribution in [-0.2, 0) is 17.7 Å². The molecule has 0 bridgehead atoms. The van der Waals surface area contributed by atoms with Gasteiger partial charge in [0.1, 0.15) is 5.60 Å². The highest BCUT2D eigenvalue weighted by Gasteiger charge is 2.44. The molecule has 3 rings (SSSR count). The van der Waals surface area contributed by atoms with Crippen LogP contribution in [0.5, 0.6) is 0 Å². The molecule has 0 saturated carbocycles. The van der Waals surface area contributed by atoms with E-state index in [1.54, 1.807) is 25.7 Å². The number of ether oxygens (including phenoxy) is 1. The first-order chi connectivity index (χ1) is 14.2. The molecule has 0 aliphatic carbocycles. The number of piperazine rings is 1. The Morgan fingerprint density at radius 1 is 1.00 bits per heavy atom. The van der Waals surface area contributed by atoms with Gasteiger partial charge in [0.15, 0.2) is 0 Å². The van der Waals surface area contributed by atoms with Gasteiger partial charge < -0.3 is 9.64 Å². The first-order valence-corrected chi connectivity index (χ1v) is 10.3. The Morgan fingerprint density at radius 2 is 1.57 bits per heavy atom. The van der Waals surface area contributed by atoms with Crippen molar-refractivity contribution in [3.05, 3.63) is 71.8 Å². The number of halogens is 2. The zero-order valence-electron chi connectivity index (χ0n) is 17.8. The fraction of sp³-hybridized carbons (Fsp3) is 0.458. The summed E-state index contributed by atoms with van der Waals surface area (Å²) >= 11 is 0. The topological polar surface area (TPSA) is 32.8 Å². The second kappa shape index (κ2) is 9.56. The molecule has 0 aromatic heterocycles. The Kier molecular flexibility index (Phi) is 7.08. The molecule has 1 aliphatic heterocycles. The van der Waals surface area contributed by atoms with Crippen molar-refractivity contribution in [2.45, 2.75) is 57.8 Å². The predicted molar refractivity (Wildman–Crippen MR) is 114 cm³/mol. The average molecular weight is 417 g/mol. The van der Waals surface area contributed by atoms with E-state index in [9.17, 15) is 13.6 Å². The lowest BCUT2D eigenvalue weighted by molar-refractivity contribution is -0.0685. The maximum absolute atomic E-state index is 14.4. The minimum absolute atomic E-state index is 0.348. The summed E-state index contributed by atoms with van der Waals surface area (Å²) in [6.07, 6.45) is -2.78. The largest absolute Gasteiger partial charge is 0.444 e. The number of carbonyl (C=O) groups is 1. The van der Waals surface area contributed by atoms with Crippen molar-refractivity contribution in [2.75, 3.05) is 13.1 Å². The molecular weight excluding hydrogens is 386 g/mol. The number of benzene rings is 2. The molecule has 1 aliphatic rings. The van der Waals surface area contributed by atoms with E-state index in [-0.39, 0.29) is 0 Å². The number of rotatable bonds is 5. The Morgan fingerprint density at radius 3 is 2.10 bits per heavy atom. The molecule has 4 nitrogen and oxygen atoms in total. The molecule has 0 N–H and O–H groups in total. The summed E-state index contributed by atoms with van der Waals surface area (Å²) in [7, 11) is 0. The first-order valence-electron chi connectivity index (χ1n) is 10.3. The highest BCUT2D eigenvalue weighted by atomic mass is 19.3. The molecule has 2 unspecified atom stereocenters. The Bertz CT molecular complexity index is 809. The number of hydrogen-bond acceptors (Lipinski definition) is 3. The zero-order chi connectivity index (χ0) is 21.7. The van der Waals surface area contributed by atoms with E-state index in [4.69, 9.17) is 4.74 Å². The lowest BCUT2D eigenvalue weighted by Crippen LogP contribution is -2.64. The zero-order valence-corrected chi connectivity index (χ0v) is 17.8. The van der Waals surface area contributed by atoms with Crippen LogP contribution in [0, 0.1) is 0 Å². The Labute approximate surface area is 177 Å². The van der Waals surface area contributed by atoms with Crippen molar-refractivity contribution >= 4 is 6.09 Å². The first kappa shape index (κ1) is 22.2. The summed E-state index contributed by atoms with van der Waals surface area (Å²) < 4.78 is 34.3. The number of alkyl halides is 2. The lowest BCUT2D eigenvalue weighted by Gasteiger charge is -2.47. The fourth-order valence-electron chi connectivity index (χ4n) is 3.94. The normalized spacial score (nSPS) is 20.4. The van der Waals surface area contributed by atoms with Crippen molar-refractivity contribution in [3.8, 4) is 0 Å².